The molecule has 1 aromatic carbocycles. The summed E-state index contributed by atoms with van der Waals surface area (Å²) in [6, 6.07) is 9.30. The van der Waals surface area contributed by atoms with Crippen molar-refractivity contribution in [2.45, 2.75) is 6.42 Å². The van der Waals surface area contributed by atoms with Gasteiger partial charge in [-0.05, 0) is 29.0 Å². The molecule has 0 bridgehead atoms. The summed E-state index contributed by atoms with van der Waals surface area (Å²) in [6.07, 6.45) is -0.185. The first-order valence-electron chi connectivity index (χ1n) is 6.11. The third-order valence-corrected chi connectivity index (χ3v) is 5.01. The van der Waals surface area contributed by atoms with Crippen molar-refractivity contribution in [2.24, 2.45) is 0 Å². The van der Waals surface area contributed by atoms with Crippen LogP contribution in [0.2, 0.25) is 5.02 Å². The predicted octanol–water partition coefficient (Wildman–Crippen LogP) is 3.48. The van der Waals surface area contributed by atoms with Crippen LogP contribution in [0.5, 0.6) is 0 Å². The van der Waals surface area contributed by atoms with Gasteiger partial charge in [-0.15, -0.1) is 11.3 Å². The minimum atomic E-state index is -1.13. The van der Waals surface area contributed by atoms with Crippen molar-refractivity contribution in [3.63, 3.8) is 0 Å². The molecular weight excluding hydrogens is 326 g/mol. The third kappa shape index (κ3) is 3.15. The molecule has 0 aliphatic carbocycles. The van der Waals surface area contributed by atoms with Gasteiger partial charge in [-0.1, -0.05) is 23.7 Å². The molecule has 0 saturated heterocycles. The van der Waals surface area contributed by atoms with Crippen LogP contribution < -0.4 is 5.11 Å². The van der Waals surface area contributed by atoms with E-state index in [1.807, 2.05) is 29.0 Å². The first kappa shape index (κ1) is 14.3. The van der Waals surface area contributed by atoms with Crippen LogP contribution in [0.25, 0.3) is 21.0 Å². The summed E-state index contributed by atoms with van der Waals surface area (Å²) in [5, 5.41) is 16.3. The summed E-state index contributed by atoms with van der Waals surface area (Å²) in [7, 11) is 0. The minimum Gasteiger partial charge on any atom is -0.550 e. The molecule has 0 amide bonds. The number of aliphatic carboxylic acids is 1. The number of thiophene rings is 1. The van der Waals surface area contributed by atoms with Crippen LogP contribution in [0.15, 0.2) is 41.1 Å². The van der Waals surface area contributed by atoms with Crippen molar-refractivity contribution in [3.05, 3.63) is 51.8 Å². The summed E-state index contributed by atoms with van der Waals surface area (Å²) in [5.74, 6) is -1.13. The SMILES string of the molecule is O=C([O-])Cc1nc(-c2ccc(Cl)cc2)sc1-c1ccsc1. The van der Waals surface area contributed by atoms with Crippen LogP contribution in [0.4, 0.5) is 0 Å². The molecule has 0 N–H and O–H groups in total. The lowest BCUT2D eigenvalue weighted by Gasteiger charge is -2.00. The maximum Gasteiger partial charge on any atom is 0.124 e. The maximum absolute atomic E-state index is 10.9. The van der Waals surface area contributed by atoms with E-state index in [9.17, 15) is 9.90 Å². The van der Waals surface area contributed by atoms with Crippen LogP contribution >= 0.6 is 34.3 Å². The van der Waals surface area contributed by atoms with E-state index in [-0.39, 0.29) is 6.42 Å². The summed E-state index contributed by atoms with van der Waals surface area (Å²) >= 11 is 8.93. The van der Waals surface area contributed by atoms with E-state index in [1.54, 1.807) is 23.5 Å². The van der Waals surface area contributed by atoms with Crippen molar-refractivity contribution < 1.29 is 9.90 Å². The fourth-order valence-corrected chi connectivity index (χ4v) is 3.87. The Morgan fingerprint density at radius 3 is 2.57 bits per heavy atom. The van der Waals surface area contributed by atoms with Gasteiger partial charge in [0.25, 0.3) is 0 Å². The highest BCUT2D eigenvalue weighted by Crippen LogP contribution is 2.36. The molecule has 0 fully saturated rings. The van der Waals surface area contributed by atoms with Gasteiger partial charge in [0.2, 0.25) is 0 Å². The van der Waals surface area contributed by atoms with Crippen molar-refractivity contribution in [2.75, 3.05) is 0 Å². The Kier molecular flexibility index (Phi) is 4.05. The summed E-state index contributed by atoms with van der Waals surface area (Å²) < 4.78 is 0. The Morgan fingerprint density at radius 1 is 1.19 bits per heavy atom. The number of hydrogen-bond acceptors (Lipinski definition) is 5. The van der Waals surface area contributed by atoms with E-state index in [1.165, 1.54) is 11.3 Å². The smallest absolute Gasteiger partial charge is 0.124 e. The van der Waals surface area contributed by atoms with E-state index in [4.69, 9.17) is 11.6 Å². The second kappa shape index (κ2) is 5.97. The number of halogens is 1. The molecule has 6 heteroatoms. The van der Waals surface area contributed by atoms with Gasteiger partial charge in [0.1, 0.15) is 5.01 Å². The highest BCUT2D eigenvalue weighted by Gasteiger charge is 2.14. The highest BCUT2D eigenvalue weighted by atomic mass is 35.5. The second-order valence-electron chi connectivity index (χ2n) is 4.36. The maximum atomic E-state index is 10.9. The number of carboxylic acid groups (broad SMARTS) is 1. The van der Waals surface area contributed by atoms with Gasteiger partial charge >= 0.3 is 0 Å². The Bertz CT molecular complexity index is 764. The molecule has 106 valence electrons. The zero-order chi connectivity index (χ0) is 14.8. The average molecular weight is 335 g/mol. The van der Waals surface area contributed by atoms with Gasteiger partial charge in [-0.25, -0.2) is 4.98 Å². The first-order valence-corrected chi connectivity index (χ1v) is 8.25. The number of thiazole rings is 1. The van der Waals surface area contributed by atoms with E-state index in [0.717, 1.165) is 21.0 Å². The largest absolute Gasteiger partial charge is 0.550 e. The average Bonchev–Trinajstić information content (AvgIpc) is 3.08. The van der Waals surface area contributed by atoms with Crippen LogP contribution in [0.1, 0.15) is 5.69 Å². The summed E-state index contributed by atoms with van der Waals surface area (Å²) in [6.45, 7) is 0. The number of benzene rings is 1. The van der Waals surface area contributed by atoms with E-state index in [2.05, 4.69) is 4.98 Å². The van der Waals surface area contributed by atoms with Gasteiger partial charge in [-0.3, -0.25) is 0 Å². The molecular formula is C15H9ClNO2S2-. The van der Waals surface area contributed by atoms with Crippen molar-refractivity contribution in [3.8, 4) is 21.0 Å². The highest BCUT2D eigenvalue weighted by molar-refractivity contribution is 7.19. The van der Waals surface area contributed by atoms with Crippen LogP contribution in [-0.4, -0.2) is 11.0 Å². The number of aromatic nitrogens is 1. The summed E-state index contributed by atoms with van der Waals surface area (Å²) in [4.78, 5) is 16.3. The molecule has 3 aromatic rings. The molecule has 3 rings (SSSR count). The molecule has 0 aliphatic heterocycles. The van der Waals surface area contributed by atoms with Crippen molar-refractivity contribution in [1.82, 2.24) is 4.98 Å². The number of nitrogens with zero attached hydrogens (tertiary/aromatic N) is 1. The third-order valence-electron chi connectivity index (χ3n) is 2.88. The topological polar surface area (TPSA) is 53.0 Å². The van der Waals surface area contributed by atoms with Gasteiger partial charge in [0, 0.05) is 28.5 Å². The van der Waals surface area contributed by atoms with Gasteiger partial charge in [-0.2, -0.15) is 11.3 Å². The zero-order valence-electron chi connectivity index (χ0n) is 10.7. The second-order valence-corrected chi connectivity index (χ2v) is 6.58. The Labute approximate surface area is 134 Å². The Morgan fingerprint density at radius 2 is 1.95 bits per heavy atom. The normalized spacial score (nSPS) is 10.7. The van der Waals surface area contributed by atoms with Crippen LogP contribution in [-0.2, 0) is 11.2 Å². The van der Waals surface area contributed by atoms with Crippen LogP contribution in [0, 0.1) is 0 Å². The molecule has 2 heterocycles. The van der Waals surface area contributed by atoms with Crippen LogP contribution in [0.3, 0.4) is 0 Å². The molecule has 2 aromatic heterocycles. The molecule has 0 radical (unpaired) electrons. The molecule has 0 spiro atoms. The van der Waals surface area contributed by atoms with E-state index >= 15 is 0 Å². The summed E-state index contributed by atoms with van der Waals surface area (Å²) in [5.41, 5.74) is 2.46. The monoisotopic (exact) mass is 334 g/mol. The molecule has 0 atom stereocenters. The lowest BCUT2D eigenvalue weighted by atomic mass is 10.2. The number of carbonyl (C=O) groups excluding carboxylic acids is 1. The molecule has 0 unspecified atom stereocenters. The van der Waals surface area contributed by atoms with E-state index < -0.39 is 5.97 Å². The first-order chi connectivity index (χ1) is 10.1. The minimum absolute atomic E-state index is 0.185. The predicted molar refractivity (Wildman–Crippen MR) is 84.6 cm³/mol. The number of carbonyl (C=O) groups is 1. The quantitative estimate of drug-likeness (QED) is 0.734. The Hall–Kier alpha value is -1.69. The number of rotatable bonds is 4. The van der Waals surface area contributed by atoms with Crippen molar-refractivity contribution in [1.29, 1.82) is 0 Å². The van der Waals surface area contributed by atoms with Gasteiger partial charge in [0.15, 0.2) is 0 Å². The molecule has 21 heavy (non-hydrogen) atoms. The zero-order valence-corrected chi connectivity index (χ0v) is 13.1. The standard InChI is InChI=1S/C15H10ClNO2S2/c16-11-3-1-9(2-4-11)15-17-12(7-13(18)19)14(21-15)10-5-6-20-8-10/h1-6,8H,7H2,(H,18,19)/p-1. The van der Waals surface area contributed by atoms with E-state index in [0.29, 0.717) is 10.7 Å². The molecule has 0 saturated carbocycles. The van der Waals surface area contributed by atoms with Gasteiger partial charge in [0.05, 0.1) is 10.6 Å². The molecule has 0 aliphatic rings. The number of hydrogen-bond donors (Lipinski definition) is 0. The van der Waals surface area contributed by atoms with Crippen molar-refractivity contribution >= 4 is 40.2 Å². The number of carboxylic acids is 1. The lowest BCUT2D eigenvalue weighted by molar-refractivity contribution is -0.304. The lowest BCUT2D eigenvalue weighted by Crippen LogP contribution is -2.24. The fraction of sp³-hybridized carbons (Fsp3) is 0.0667. The molecule has 3 nitrogen and oxygen atoms in total. The Balaban J connectivity index is 2.07. The van der Waals surface area contributed by atoms with Gasteiger partial charge < -0.3 is 9.90 Å². The fourth-order valence-electron chi connectivity index (χ4n) is 1.94.